The van der Waals surface area contributed by atoms with Crippen molar-refractivity contribution >= 4 is 17.4 Å². The Kier molecular flexibility index (Phi) is 7.30. The fourth-order valence-electron chi connectivity index (χ4n) is 0.783. The zero-order chi connectivity index (χ0) is 15.1. The Morgan fingerprint density at radius 1 is 1.11 bits per heavy atom. The highest BCUT2D eigenvalue weighted by Crippen LogP contribution is 2.14. The zero-order valence-corrected chi connectivity index (χ0v) is 13.7. The van der Waals surface area contributed by atoms with Gasteiger partial charge in [-0.1, -0.05) is 53.1 Å². The number of hydrogen-bond acceptors (Lipinski definition) is 4. The number of hydrogen-bond donors (Lipinski definition) is 2. The van der Waals surface area contributed by atoms with E-state index in [2.05, 4.69) is 56.8 Å². The van der Waals surface area contributed by atoms with Gasteiger partial charge in [-0.15, -0.1) is 0 Å². The van der Waals surface area contributed by atoms with Crippen LogP contribution in [-0.2, 0) is 0 Å². The molecule has 1 heterocycles. The molecule has 0 unspecified atom stereocenters. The molecule has 110 valence electrons. The third-order valence-electron chi connectivity index (χ3n) is 2.02. The molecule has 0 aliphatic heterocycles. The van der Waals surface area contributed by atoms with Crippen LogP contribution < -0.4 is 11.1 Å². The van der Waals surface area contributed by atoms with Crippen LogP contribution in [0.2, 0.25) is 5.15 Å². The first-order chi connectivity index (χ1) is 8.53. The molecule has 19 heavy (non-hydrogen) atoms. The predicted molar refractivity (Wildman–Crippen MR) is 83.5 cm³/mol. The van der Waals surface area contributed by atoms with Crippen molar-refractivity contribution in [1.29, 1.82) is 0 Å². The number of nitrogens with two attached hydrogens (primary N) is 1. The number of nitrogens with zero attached hydrogens (tertiary/aromatic N) is 2. The molecule has 5 heteroatoms. The molecule has 0 aromatic carbocycles. The maximum Gasteiger partial charge on any atom is 0.149 e. The fraction of sp³-hybridized carbons (Fsp3) is 0.714. The lowest BCUT2D eigenvalue weighted by Crippen LogP contribution is -2.19. The Hall–Kier alpha value is -0.870. The molecule has 4 nitrogen and oxygen atoms in total. The van der Waals surface area contributed by atoms with E-state index >= 15 is 0 Å². The van der Waals surface area contributed by atoms with Crippen LogP contribution in [0.15, 0.2) is 12.4 Å². The van der Waals surface area contributed by atoms with Gasteiger partial charge in [-0.3, -0.25) is 4.98 Å². The summed E-state index contributed by atoms with van der Waals surface area (Å²) in [6.07, 6.45) is 3.18. The minimum absolute atomic E-state index is 0.226. The number of nitrogens with one attached hydrogen (secondary N) is 1. The summed E-state index contributed by atoms with van der Waals surface area (Å²) in [7, 11) is 0. The van der Waals surface area contributed by atoms with Crippen LogP contribution >= 0.6 is 11.6 Å². The monoisotopic (exact) mass is 286 g/mol. The molecule has 0 saturated heterocycles. The molecule has 1 aromatic rings. The normalized spacial score (nSPS) is 11.6. The molecular formula is C14H27ClN4. The van der Waals surface area contributed by atoms with Crippen LogP contribution in [0, 0.1) is 10.8 Å². The smallest absolute Gasteiger partial charge is 0.149 e. The largest absolute Gasteiger partial charge is 0.368 e. The third kappa shape index (κ3) is 11.9. The molecule has 0 bridgehead atoms. The van der Waals surface area contributed by atoms with Crippen LogP contribution in [0.3, 0.4) is 0 Å². The topological polar surface area (TPSA) is 63.8 Å². The Labute approximate surface area is 122 Å². The van der Waals surface area contributed by atoms with Gasteiger partial charge >= 0.3 is 0 Å². The van der Waals surface area contributed by atoms with Crippen molar-refractivity contribution in [3.63, 3.8) is 0 Å². The lowest BCUT2D eigenvalue weighted by Gasteiger charge is -2.18. The summed E-state index contributed by atoms with van der Waals surface area (Å²) in [6.45, 7) is 14.4. The second kappa shape index (κ2) is 7.65. The van der Waals surface area contributed by atoms with E-state index in [9.17, 15) is 0 Å². The van der Waals surface area contributed by atoms with Crippen molar-refractivity contribution in [1.82, 2.24) is 9.97 Å². The van der Waals surface area contributed by atoms with E-state index in [1.165, 1.54) is 6.20 Å². The highest BCUT2D eigenvalue weighted by Gasteiger charge is 2.09. The van der Waals surface area contributed by atoms with Gasteiger partial charge in [-0.05, 0) is 17.4 Å². The van der Waals surface area contributed by atoms with Crippen molar-refractivity contribution < 1.29 is 0 Å². The van der Waals surface area contributed by atoms with Gasteiger partial charge in [-0.25, -0.2) is 4.98 Å². The van der Waals surface area contributed by atoms with Crippen LogP contribution in [0.4, 0.5) is 5.82 Å². The molecular weight excluding hydrogens is 260 g/mol. The van der Waals surface area contributed by atoms with E-state index in [0.29, 0.717) is 10.6 Å². The Bertz CT molecular complexity index is 366. The molecule has 0 amide bonds. The quantitative estimate of drug-likeness (QED) is 0.872. The average Bonchev–Trinajstić information content (AvgIpc) is 2.25. The molecule has 3 N–H and O–H groups in total. The predicted octanol–water partition coefficient (Wildman–Crippen LogP) is 3.58. The van der Waals surface area contributed by atoms with E-state index in [4.69, 9.17) is 17.3 Å². The zero-order valence-electron chi connectivity index (χ0n) is 12.9. The third-order valence-corrected chi connectivity index (χ3v) is 2.20. The SMILES string of the molecule is CC(C)(C)CN.CC(C)(C)CNc1cncc(Cl)n1. The average molecular weight is 287 g/mol. The summed E-state index contributed by atoms with van der Waals surface area (Å²) in [4.78, 5) is 8.00. The fourth-order valence-corrected chi connectivity index (χ4v) is 0.930. The van der Waals surface area contributed by atoms with Crippen molar-refractivity contribution in [2.45, 2.75) is 41.5 Å². The first-order valence-corrected chi connectivity index (χ1v) is 6.83. The van der Waals surface area contributed by atoms with Crippen LogP contribution in [-0.4, -0.2) is 23.1 Å². The summed E-state index contributed by atoms with van der Waals surface area (Å²) < 4.78 is 0. The summed E-state index contributed by atoms with van der Waals surface area (Å²) in [5.41, 5.74) is 5.85. The van der Waals surface area contributed by atoms with Crippen LogP contribution in [0.25, 0.3) is 0 Å². The molecule has 0 atom stereocenters. The first-order valence-electron chi connectivity index (χ1n) is 6.45. The molecule has 0 aliphatic rings. The van der Waals surface area contributed by atoms with E-state index in [-0.39, 0.29) is 5.41 Å². The van der Waals surface area contributed by atoms with E-state index in [1.54, 1.807) is 6.20 Å². The van der Waals surface area contributed by atoms with Crippen molar-refractivity contribution in [2.24, 2.45) is 16.6 Å². The molecule has 0 radical (unpaired) electrons. The lowest BCUT2D eigenvalue weighted by molar-refractivity contribution is 0.428. The highest BCUT2D eigenvalue weighted by atomic mass is 35.5. The highest BCUT2D eigenvalue weighted by molar-refractivity contribution is 6.29. The van der Waals surface area contributed by atoms with Gasteiger partial charge in [0.1, 0.15) is 11.0 Å². The van der Waals surface area contributed by atoms with E-state index in [1.807, 2.05) is 0 Å². The summed E-state index contributed by atoms with van der Waals surface area (Å²) >= 11 is 5.68. The van der Waals surface area contributed by atoms with E-state index in [0.717, 1.165) is 18.9 Å². The van der Waals surface area contributed by atoms with Crippen molar-refractivity contribution in [3.05, 3.63) is 17.5 Å². The number of aromatic nitrogens is 2. The molecule has 1 aromatic heterocycles. The summed E-state index contributed by atoms with van der Waals surface area (Å²) in [6, 6.07) is 0. The van der Waals surface area contributed by atoms with Gasteiger partial charge in [0.15, 0.2) is 0 Å². The molecule has 0 saturated carbocycles. The second-order valence-electron chi connectivity index (χ2n) is 6.91. The van der Waals surface area contributed by atoms with Gasteiger partial charge in [0.05, 0.1) is 12.4 Å². The molecule has 1 rings (SSSR count). The second-order valence-corrected chi connectivity index (χ2v) is 7.29. The molecule has 0 fully saturated rings. The number of anilines is 1. The minimum Gasteiger partial charge on any atom is -0.368 e. The van der Waals surface area contributed by atoms with Gasteiger partial charge in [-0.2, -0.15) is 0 Å². The minimum atomic E-state index is 0.226. The molecule has 0 spiro atoms. The van der Waals surface area contributed by atoms with Gasteiger partial charge in [0.2, 0.25) is 0 Å². The Morgan fingerprint density at radius 3 is 2.00 bits per heavy atom. The van der Waals surface area contributed by atoms with Crippen molar-refractivity contribution in [2.75, 3.05) is 18.4 Å². The summed E-state index contributed by atoms with van der Waals surface area (Å²) in [5, 5.41) is 3.58. The van der Waals surface area contributed by atoms with Gasteiger partial charge in [0, 0.05) is 6.54 Å². The Balaban J connectivity index is 0.000000459. The van der Waals surface area contributed by atoms with Gasteiger partial charge < -0.3 is 11.1 Å². The number of halogens is 1. The maximum absolute atomic E-state index is 5.68. The van der Waals surface area contributed by atoms with Gasteiger partial charge in [0.25, 0.3) is 0 Å². The maximum atomic E-state index is 5.68. The van der Waals surface area contributed by atoms with Crippen molar-refractivity contribution in [3.8, 4) is 0 Å². The summed E-state index contributed by atoms with van der Waals surface area (Å²) in [5.74, 6) is 0.724. The molecule has 0 aliphatic carbocycles. The standard InChI is InChI=1S/C9H14ClN3.C5H13N/c1-9(2,3)6-12-8-5-11-4-7(10)13-8;1-5(2,3)4-6/h4-5H,6H2,1-3H3,(H,12,13);4,6H2,1-3H3. The first kappa shape index (κ1) is 18.1. The van der Waals surface area contributed by atoms with Crippen LogP contribution in [0.1, 0.15) is 41.5 Å². The van der Waals surface area contributed by atoms with E-state index < -0.39 is 0 Å². The van der Waals surface area contributed by atoms with Crippen LogP contribution in [0.5, 0.6) is 0 Å². The number of rotatable bonds is 2. The lowest BCUT2D eigenvalue weighted by atomic mass is 9.97. The Morgan fingerprint density at radius 2 is 1.63 bits per heavy atom.